The van der Waals surface area contributed by atoms with Gasteiger partial charge in [-0.25, -0.2) is 4.98 Å². The van der Waals surface area contributed by atoms with Crippen LogP contribution >= 0.6 is 0 Å². The lowest BCUT2D eigenvalue weighted by Gasteiger charge is -2.11. The van der Waals surface area contributed by atoms with Gasteiger partial charge in [0, 0.05) is 17.3 Å². The molecule has 6 nitrogen and oxygen atoms in total. The van der Waals surface area contributed by atoms with Crippen LogP contribution in [0.3, 0.4) is 0 Å². The van der Waals surface area contributed by atoms with Gasteiger partial charge < -0.3 is 15.4 Å². The maximum absolute atomic E-state index is 9.89. The second-order valence-corrected chi connectivity index (χ2v) is 6.69. The second kappa shape index (κ2) is 7.25. The van der Waals surface area contributed by atoms with E-state index in [4.69, 9.17) is 10.3 Å². The monoisotopic (exact) mass is 372 g/mol. The van der Waals surface area contributed by atoms with Gasteiger partial charge in [0.2, 0.25) is 5.82 Å². The summed E-state index contributed by atoms with van der Waals surface area (Å²) in [7, 11) is 0. The molecule has 0 aliphatic rings. The fourth-order valence-electron chi connectivity index (χ4n) is 3.16. The smallest absolute Gasteiger partial charge is 0.258 e. The lowest BCUT2D eigenvalue weighted by molar-refractivity contribution is 0.282. The van der Waals surface area contributed by atoms with Gasteiger partial charge in [-0.1, -0.05) is 35.5 Å². The normalized spacial score (nSPS) is 11.0. The van der Waals surface area contributed by atoms with Crippen LogP contribution in [0.4, 0.5) is 5.82 Å². The van der Waals surface area contributed by atoms with Gasteiger partial charge in [-0.3, -0.25) is 0 Å². The summed E-state index contributed by atoms with van der Waals surface area (Å²) in [6.07, 6.45) is 1.62. The van der Waals surface area contributed by atoms with E-state index >= 15 is 0 Å². The van der Waals surface area contributed by atoms with E-state index in [9.17, 15) is 5.11 Å². The quantitative estimate of drug-likeness (QED) is 0.558. The molecule has 2 aromatic carbocycles. The summed E-state index contributed by atoms with van der Waals surface area (Å²) in [6, 6.07) is 15.7. The third-order valence-electron chi connectivity index (χ3n) is 4.76. The number of nitrogens with two attached hydrogens (primary N) is 1. The maximum Gasteiger partial charge on any atom is 0.258 e. The molecule has 0 unspecified atom stereocenters. The average molecular weight is 372 g/mol. The van der Waals surface area contributed by atoms with Crippen molar-refractivity contribution in [2.24, 2.45) is 0 Å². The number of aliphatic hydroxyl groups excluding tert-OH is 1. The first kappa shape index (κ1) is 17.9. The number of benzene rings is 2. The predicted octanol–water partition coefficient (Wildman–Crippen LogP) is 4.16. The maximum atomic E-state index is 9.89. The van der Waals surface area contributed by atoms with Crippen LogP contribution in [-0.2, 0) is 6.61 Å². The zero-order chi connectivity index (χ0) is 19.7. The highest BCUT2D eigenvalue weighted by Gasteiger charge is 2.14. The van der Waals surface area contributed by atoms with Crippen molar-refractivity contribution >= 4 is 5.82 Å². The van der Waals surface area contributed by atoms with Crippen molar-refractivity contribution in [3.8, 4) is 34.0 Å². The van der Waals surface area contributed by atoms with Crippen molar-refractivity contribution in [3.05, 3.63) is 71.4 Å². The standard InChI is InChI=1S/C22H20N4O2/c1-13-5-3-4-6-18(13)19-8-7-15(10-17(19)12-27)22-25-21(26-28-22)16-9-14(2)20(23)24-11-16/h3-11,27H,12H2,1-2H3,(H2,23,24). The SMILES string of the molecule is Cc1ccccc1-c1ccc(-c2nc(-c3cnc(N)c(C)c3)no2)cc1CO. The third kappa shape index (κ3) is 3.25. The zero-order valence-electron chi connectivity index (χ0n) is 15.7. The summed E-state index contributed by atoms with van der Waals surface area (Å²) in [4.78, 5) is 8.62. The van der Waals surface area contributed by atoms with E-state index in [0.29, 0.717) is 17.5 Å². The molecule has 4 rings (SSSR count). The van der Waals surface area contributed by atoms with Crippen molar-refractivity contribution in [2.45, 2.75) is 20.5 Å². The molecule has 0 amide bonds. The van der Waals surface area contributed by atoms with E-state index in [0.717, 1.165) is 38.9 Å². The van der Waals surface area contributed by atoms with Crippen molar-refractivity contribution in [1.29, 1.82) is 0 Å². The van der Waals surface area contributed by atoms with E-state index in [-0.39, 0.29) is 6.61 Å². The minimum absolute atomic E-state index is 0.0838. The van der Waals surface area contributed by atoms with Crippen LogP contribution in [0, 0.1) is 13.8 Å². The van der Waals surface area contributed by atoms with Gasteiger partial charge >= 0.3 is 0 Å². The molecule has 0 spiro atoms. The number of anilines is 1. The number of aromatic nitrogens is 3. The second-order valence-electron chi connectivity index (χ2n) is 6.69. The Morgan fingerprint density at radius 3 is 2.54 bits per heavy atom. The van der Waals surface area contributed by atoms with Gasteiger partial charge in [0.15, 0.2) is 0 Å². The molecule has 140 valence electrons. The molecule has 0 saturated heterocycles. The van der Waals surface area contributed by atoms with Gasteiger partial charge in [-0.2, -0.15) is 4.98 Å². The Labute approximate surface area is 162 Å². The van der Waals surface area contributed by atoms with Crippen LogP contribution in [0.25, 0.3) is 34.0 Å². The van der Waals surface area contributed by atoms with Crippen LogP contribution in [0.5, 0.6) is 0 Å². The predicted molar refractivity (Wildman–Crippen MR) is 108 cm³/mol. The lowest BCUT2D eigenvalue weighted by atomic mass is 9.95. The van der Waals surface area contributed by atoms with E-state index in [1.807, 2.05) is 49.4 Å². The molecule has 0 atom stereocenters. The Balaban J connectivity index is 1.72. The van der Waals surface area contributed by atoms with Crippen molar-refractivity contribution in [3.63, 3.8) is 0 Å². The van der Waals surface area contributed by atoms with Crippen molar-refractivity contribution in [2.75, 3.05) is 5.73 Å². The molecular formula is C22H20N4O2. The first-order valence-corrected chi connectivity index (χ1v) is 8.93. The third-order valence-corrected chi connectivity index (χ3v) is 4.76. The van der Waals surface area contributed by atoms with E-state index in [1.165, 1.54) is 0 Å². The van der Waals surface area contributed by atoms with Gasteiger partial charge in [-0.05, 0) is 59.9 Å². The first-order chi connectivity index (χ1) is 13.6. The molecule has 3 N–H and O–H groups in total. The molecule has 0 bridgehead atoms. The van der Waals surface area contributed by atoms with Crippen LogP contribution in [0.15, 0.2) is 59.3 Å². The van der Waals surface area contributed by atoms with Gasteiger partial charge in [0.25, 0.3) is 5.89 Å². The van der Waals surface area contributed by atoms with Crippen molar-refractivity contribution in [1.82, 2.24) is 15.1 Å². The molecule has 28 heavy (non-hydrogen) atoms. The molecule has 0 aliphatic heterocycles. The summed E-state index contributed by atoms with van der Waals surface area (Å²) in [6.45, 7) is 3.85. The van der Waals surface area contributed by atoms with Gasteiger partial charge in [-0.15, -0.1) is 0 Å². The Morgan fingerprint density at radius 2 is 1.79 bits per heavy atom. The van der Waals surface area contributed by atoms with Crippen molar-refractivity contribution < 1.29 is 9.63 Å². The van der Waals surface area contributed by atoms with Crippen LogP contribution < -0.4 is 5.73 Å². The number of hydrogen-bond donors (Lipinski definition) is 2. The fraction of sp³-hybridized carbons (Fsp3) is 0.136. The molecule has 2 aromatic heterocycles. The summed E-state index contributed by atoms with van der Waals surface area (Å²) >= 11 is 0. The Hall–Kier alpha value is -3.51. The van der Waals surface area contributed by atoms with Gasteiger partial charge in [0.05, 0.1) is 6.61 Å². The molecule has 0 radical (unpaired) electrons. The Bertz CT molecular complexity index is 1150. The summed E-state index contributed by atoms with van der Waals surface area (Å²) in [5.74, 6) is 1.31. The number of rotatable bonds is 4. The number of nitrogen functional groups attached to an aromatic ring is 1. The lowest BCUT2D eigenvalue weighted by Crippen LogP contribution is -1.94. The Kier molecular flexibility index (Phi) is 4.63. The first-order valence-electron chi connectivity index (χ1n) is 8.93. The fourth-order valence-corrected chi connectivity index (χ4v) is 3.16. The number of pyridine rings is 1. The number of aryl methyl sites for hydroxylation is 2. The summed E-state index contributed by atoms with van der Waals surface area (Å²) < 4.78 is 5.44. The molecule has 6 heteroatoms. The molecule has 0 aliphatic carbocycles. The van der Waals surface area contributed by atoms with Crippen LogP contribution in [0.2, 0.25) is 0 Å². The minimum atomic E-state index is -0.0838. The van der Waals surface area contributed by atoms with E-state index < -0.39 is 0 Å². The molecule has 0 saturated carbocycles. The van der Waals surface area contributed by atoms with Gasteiger partial charge in [0.1, 0.15) is 5.82 Å². The zero-order valence-corrected chi connectivity index (χ0v) is 15.7. The molecular weight excluding hydrogens is 352 g/mol. The largest absolute Gasteiger partial charge is 0.392 e. The molecule has 2 heterocycles. The highest BCUT2D eigenvalue weighted by atomic mass is 16.5. The number of hydrogen-bond acceptors (Lipinski definition) is 6. The van der Waals surface area contributed by atoms with E-state index in [1.54, 1.807) is 6.20 Å². The highest BCUT2D eigenvalue weighted by molar-refractivity contribution is 5.74. The molecule has 0 fully saturated rings. The minimum Gasteiger partial charge on any atom is -0.392 e. The van der Waals surface area contributed by atoms with Crippen LogP contribution in [-0.4, -0.2) is 20.2 Å². The van der Waals surface area contributed by atoms with E-state index in [2.05, 4.69) is 28.1 Å². The Morgan fingerprint density at radius 1 is 0.964 bits per heavy atom. The summed E-state index contributed by atoms with van der Waals surface area (Å²) in [5.41, 5.74) is 12.1. The average Bonchev–Trinajstić information content (AvgIpc) is 3.20. The number of nitrogens with zero attached hydrogens (tertiary/aromatic N) is 3. The van der Waals surface area contributed by atoms with Crippen LogP contribution in [0.1, 0.15) is 16.7 Å². The molecule has 4 aromatic rings. The summed E-state index contributed by atoms with van der Waals surface area (Å²) in [5, 5.41) is 13.9. The number of aliphatic hydroxyl groups is 1. The topological polar surface area (TPSA) is 98.1 Å². The highest BCUT2D eigenvalue weighted by Crippen LogP contribution is 2.31.